The van der Waals surface area contributed by atoms with Gasteiger partial charge in [-0.3, -0.25) is 0 Å². The molecular weight excluding hydrogens is 652 g/mol. The van der Waals surface area contributed by atoms with E-state index < -0.39 is 5.41 Å². The van der Waals surface area contributed by atoms with Crippen LogP contribution in [0.15, 0.2) is 48.5 Å². The van der Waals surface area contributed by atoms with Crippen LogP contribution in [-0.4, -0.2) is 69.2 Å². The molecule has 0 aliphatic carbocycles. The lowest BCUT2D eigenvalue weighted by atomic mass is 9.70. The molecule has 0 radical (unpaired) electrons. The lowest BCUT2D eigenvalue weighted by Gasteiger charge is -2.34. The lowest BCUT2D eigenvalue weighted by Crippen LogP contribution is -2.26. The fraction of sp³-hybridized carbons (Fsp3) is 0.600. The van der Waals surface area contributed by atoms with Gasteiger partial charge in [-0.05, 0) is 99.0 Å². The normalized spacial score (nSPS) is 18.9. The predicted octanol–water partition coefficient (Wildman–Crippen LogP) is 10.5. The summed E-state index contributed by atoms with van der Waals surface area (Å²) in [5, 5.41) is 8.36. The molecule has 7 heteroatoms. The van der Waals surface area contributed by atoms with Crippen LogP contribution < -0.4 is 14.2 Å². The number of hydrogen-bond acceptors (Lipinski definition) is 7. The number of aliphatic hydroxyl groups excluding tert-OH is 1. The third kappa shape index (κ3) is 14.4. The van der Waals surface area contributed by atoms with Crippen LogP contribution >= 0.6 is 0 Å². The molecule has 3 fully saturated rings. The van der Waals surface area contributed by atoms with Gasteiger partial charge >= 0.3 is 0 Å². The number of rotatable bonds is 13. The van der Waals surface area contributed by atoms with Gasteiger partial charge in [-0.25, -0.2) is 0 Å². The minimum Gasteiger partial charge on any atom is -0.491 e. The topological polar surface area (TPSA) is 85.5 Å². The lowest BCUT2D eigenvalue weighted by molar-refractivity contribution is 0.191. The summed E-state index contributed by atoms with van der Waals surface area (Å²) in [5.74, 6) is 2.75. The Kier molecular flexibility index (Phi) is 21.9. The molecule has 4 atom stereocenters. The molecule has 7 nitrogen and oxygen atoms in total. The molecule has 0 saturated carbocycles. The summed E-state index contributed by atoms with van der Waals surface area (Å²) in [7, 11) is 0. The van der Waals surface area contributed by atoms with E-state index in [1.165, 1.54) is 16.7 Å². The third-order valence-corrected chi connectivity index (χ3v) is 8.60. The van der Waals surface area contributed by atoms with Gasteiger partial charge in [0.2, 0.25) is 0 Å². The average molecular weight is 725 g/mol. The Labute approximate surface area is 317 Å². The van der Waals surface area contributed by atoms with Crippen molar-refractivity contribution in [3.05, 3.63) is 87.5 Å². The Morgan fingerprint density at radius 1 is 0.596 bits per heavy atom. The first-order valence-electron chi connectivity index (χ1n) is 19.8. The van der Waals surface area contributed by atoms with Crippen molar-refractivity contribution in [2.24, 2.45) is 0 Å². The van der Waals surface area contributed by atoms with E-state index in [1.54, 1.807) is 6.92 Å². The van der Waals surface area contributed by atoms with E-state index in [-0.39, 0.29) is 24.4 Å². The highest BCUT2D eigenvalue weighted by Gasteiger charge is 2.34. The summed E-state index contributed by atoms with van der Waals surface area (Å²) in [5.41, 5.74) is 7.67. The maximum absolute atomic E-state index is 8.36. The molecule has 3 aliphatic rings. The molecule has 3 aromatic carbocycles. The second kappa shape index (κ2) is 24.3. The van der Waals surface area contributed by atoms with Crippen LogP contribution in [0, 0.1) is 27.7 Å². The summed E-state index contributed by atoms with van der Waals surface area (Å²) in [6, 6.07) is 17.6. The van der Waals surface area contributed by atoms with Gasteiger partial charge in [0, 0.05) is 5.41 Å². The molecule has 4 unspecified atom stereocenters. The van der Waals surface area contributed by atoms with E-state index in [0.29, 0.717) is 19.8 Å². The zero-order valence-corrected chi connectivity index (χ0v) is 35.3. The monoisotopic (exact) mass is 725 g/mol. The molecule has 3 aliphatic heterocycles. The maximum Gasteiger partial charge on any atom is 0.125 e. The van der Waals surface area contributed by atoms with Crippen LogP contribution in [0.25, 0.3) is 0 Å². The van der Waals surface area contributed by atoms with E-state index in [0.717, 1.165) is 65.7 Å². The highest BCUT2D eigenvalue weighted by molar-refractivity contribution is 5.57. The van der Waals surface area contributed by atoms with Crippen LogP contribution in [0.5, 0.6) is 17.2 Å². The largest absolute Gasteiger partial charge is 0.491 e. The fourth-order valence-electron chi connectivity index (χ4n) is 5.25. The van der Waals surface area contributed by atoms with Crippen LogP contribution in [-0.2, 0) is 19.6 Å². The number of epoxide rings is 3. The number of aryl methyl sites for hydroxylation is 4. The average Bonchev–Trinajstić information content (AvgIpc) is 4.01. The first kappa shape index (κ1) is 46.9. The summed E-state index contributed by atoms with van der Waals surface area (Å²) >= 11 is 0. The van der Waals surface area contributed by atoms with Gasteiger partial charge in [0.15, 0.2) is 0 Å². The molecule has 1 N–H and O–H groups in total. The van der Waals surface area contributed by atoms with E-state index in [4.69, 9.17) is 33.5 Å². The Bertz CT molecular complexity index is 1330. The van der Waals surface area contributed by atoms with Crippen molar-refractivity contribution in [3.63, 3.8) is 0 Å². The zero-order valence-electron chi connectivity index (χ0n) is 35.3. The molecule has 6 rings (SSSR count). The molecule has 0 bridgehead atoms. The summed E-state index contributed by atoms with van der Waals surface area (Å²) in [6.07, 6.45) is 1.42. The Balaban J connectivity index is 0.000000923. The zero-order chi connectivity index (χ0) is 39.4. The molecule has 0 aromatic heterocycles. The molecule has 294 valence electrons. The number of hydrogen-bond donors (Lipinski definition) is 1. The fourth-order valence-corrected chi connectivity index (χ4v) is 5.25. The molecule has 52 heavy (non-hydrogen) atoms. The molecular formula is C45H72O7. The highest BCUT2D eigenvalue weighted by atomic mass is 16.6. The minimum atomic E-state index is -0.417. The van der Waals surface area contributed by atoms with Crippen molar-refractivity contribution in [3.8, 4) is 17.2 Å². The van der Waals surface area contributed by atoms with Crippen LogP contribution in [0.3, 0.4) is 0 Å². The number of benzene rings is 3. The smallest absolute Gasteiger partial charge is 0.125 e. The quantitative estimate of drug-likeness (QED) is 0.139. The predicted molar refractivity (Wildman–Crippen MR) is 217 cm³/mol. The van der Waals surface area contributed by atoms with Crippen molar-refractivity contribution in [1.82, 2.24) is 0 Å². The van der Waals surface area contributed by atoms with E-state index in [9.17, 15) is 0 Å². The highest BCUT2D eigenvalue weighted by Crippen LogP contribution is 2.43. The van der Waals surface area contributed by atoms with Gasteiger partial charge < -0.3 is 33.5 Å². The van der Waals surface area contributed by atoms with Crippen molar-refractivity contribution in [2.45, 2.75) is 140 Å². The van der Waals surface area contributed by atoms with Gasteiger partial charge in [0.1, 0.15) is 55.4 Å². The van der Waals surface area contributed by atoms with E-state index in [2.05, 4.69) is 83.1 Å². The molecule has 3 heterocycles. The third-order valence-electron chi connectivity index (χ3n) is 8.60. The molecule has 3 saturated heterocycles. The van der Waals surface area contributed by atoms with Gasteiger partial charge in [-0.15, -0.1) is 0 Å². The van der Waals surface area contributed by atoms with Crippen molar-refractivity contribution in [1.29, 1.82) is 0 Å². The van der Waals surface area contributed by atoms with Crippen molar-refractivity contribution >= 4 is 0 Å². The minimum absolute atomic E-state index is 0.116. The number of aliphatic hydroxyl groups is 1. The van der Waals surface area contributed by atoms with Gasteiger partial charge in [-0.1, -0.05) is 98.7 Å². The van der Waals surface area contributed by atoms with Gasteiger partial charge in [0.05, 0.1) is 25.9 Å². The summed E-state index contributed by atoms with van der Waals surface area (Å²) < 4.78 is 34.3. The van der Waals surface area contributed by atoms with Gasteiger partial charge in [0.25, 0.3) is 0 Å². The van der Waals surface area contributed by atoms with Crippen LogP contribution in [0.4, 0.5) is 0 Å². The van der Waals surface area contributed by atoms with Gasteiger partial charge in [-0.2, -0.15) is 0 Å². The molecule has 0 amide bonds. The van der Waals surface area contributed by atoms with Crippen molar-refractivity contribution in [2.75, 3.05) is 39.6 Å². The molecule has 0 spiro atoms. The van der Waals surface area contributed by atoms with Crippen molar-refractivity contribution < 1.29 is 33.5 Å². The molecule has 3 aromatic rings. The standard InChI is InChI=1S/C33H38O6.C4H10O.4C2H6/c1-20-10-24(6-8-30(20)37-17-27-14-34-27)33(5,25-7-9-31(21(2)11-25)38-18-28-15-35-28)26-12-22(3)32(23(4)13-26)39-19-29-16-36-29;1-3-4(2)5;4*1-2/h6-13,27-29H,14-19H2,1-5H3;4-5H,3H2,1-2H3;4*1-2H3. The number of ether oxygens (including phenoxy) is 6. The first-order valence-corrected chi connectivity index (χ1v) is 19.8. The Morgan fingerprint density at radius 3 is 1.19 bits per heavy atom. The van der Waals surface area contributed by atoms with Crippen LogP contribution in [0.1, 0.15) is 122 Å². The van der Waals surface area contributed by atoms with E-state index >= 15 is 0 Å². The summed E-state index contributed by atoms with van der Waals surface area (Å²) in [6.45, 7) is 34.7. The van der Waals surface area contributed by atoms with E-state index in [1.807, 2.05) is 62.3 Å². The first-order chi connectivity index (χ1) is 25.1. The Hall–Kier alpha value is -3.10. The maximum atomic E-state index is 8.36. The summed E-state index contributed by atoms with van der Waals surface area (Å²) in [4.78, 5) is 0. The second-order valence-corrected chi connectivity index (χ2v) is 12.6. The van der Waals surface area contributed by atoms with Crippen LogP contribution in [0.2, 0.25) is 0 Å². The second-order valence-electron chi connectivity index (χ2n) is 12.6. The SMILES string of the molecule is CC.CC.CC.CC.CCC(C)O.Cc1cc(C(C)(c2ccc(OCC3CO3)c(C)c2)c2cc(C)c(OCC3CO3)c(C)c2)ccc1OCC1CO1. The Morgan fingerprint density at radius 2 is 0.904 bits per heavy atom.